The molecule has 118 valence electrons. The zero-order valence-electron chi connectivity index (χ0n) is 13.4. The predicted molar refractivity (Wildman–Crippen MR) is 89.0 cm³/mol. The number of nitrogens with zero attached hydrogens (tertiary/aromatic N) is 1. The van der Waals surface area contributed by atoms with Gasteiger partial charge in [-0.05, 0) is 48.7 Å². The maximum atomic E-state index is 11.9. The third kappa shape index (κ3) is 5.15. The van der Waals surface area contributed by atoms with Crippen LogP contribution in [-0.2, 0) is 11.3 Å². The minimum atomic E-state index is -0.0716. The number of benzene rings is 2. The summed E-state index contributed by atoms with van der Waals surface area (Å²) < 4.78 is 5.67. The van der Waals surface area contributed by atoms with Gasteiger partial charge in [0.1, 0.15) is 5.75 Å². The lowest BCUT2D eigenvalue weighted by atomic mass is 10.1. The van der Waals surface area contributed by atoms with E-state index in [1.54, 1.807) is 12.1 Å². The number of hydrogen-bond acceptors (Lipinski definition) is 3. The first-order chi connectivity index (χ1) is 11.1. The molecule has 0 aliphatic heterocycles. The van der Waals surface area contributed by atoms with Crippen LogP contribution >= 0.6 is 0 Å². The van der Waals surface area contributed by atoms with E-state index in [4.69, 9.17) is 10.00 Å². The van der Waals surface area contributed by atoms with E-state index in [0.717, 1.165) is 22.4 Å². The van der Waals surface area contributed by atoms with Gasteiger partial charge in [-0.25, -0.2) is 0 Å². The van der Waals surface area contributed by atoms with Crippen LogP contribution < -0.4 is 10.1 Å². The van der Waals surface area contributed by atoms with Crippen molar-refractivity contribution in [2.45, 2.75) is 26.8 Å². The highest BCUT2D eigenvalue weighted by atomic mass is 16.5. The Morgan fingerprint density at radius 1 is 1.22 bits per heavy atom. The SMILES string of the molecule is Cc1ccc(C)c(OCCC(=O)NCc2cccc(C#N)c2)c1. The second-order valence-corrected chi connectivity index (χ2v) is 5.46. The Morgan fingerprint density at radius 2 is 2.04 bits per heavy atom. The number of aryl methyl sites for hydroxylation is 2. The highest BCUT2D eigenvalue weighted by Crippen LogP contribution is 2.19. The number of rotatable bonds is 6. The lowest BCUT2D eigenvalue weighted by Crippen LogP contribution is -2.24. The Hall–Kier alpha value is -2.80. The van der Waals surface area contributed by atoms with Crippen LogP contribution in [0.1, 0.15) is 28.7 Å². The van der Waals surface area contributed by atoms with Crippen molar-refractivity contribution in [2.24, 2.45) is 0 Å². The summed E-state index contributed by atoms with van der Waals surface area (Å²) in [5, 5.41) is 11.7. The molecule has 0 radical (unpaired) electrons. The third-order valence-electron chi connectivity index (χ3n) is 3.48. The molecule has 0 saturated heterocycles. The number of nitriles is 1. The van der Waals surface area contributed by atoms with Crippen molar-refractivity contribution in [3.63, 3.8) is 0 Å². The summed E-state index contributed by atoms with van der Waals surface area (Å²) in [5.41, 5.74) is 3.69. The average molecular weight is 308 g/mol. The molecule has 0 fully saturated rings. The standard InChI is InChI=1S/C19H20N2O2/c1-14-6-7-15(2)18(10-14)23-9-8-19(22)21-13-17-5-3-4-16(11-17)12-20/h3-7,10-11H,8-9,13H2,1-2H3,(H,21,22). The molecule has 0 atom stereocenters. The zero-order chi connectivity index (χ0) is 16.7. The van der Waals surface area contributed by atoms with Gasteiger partial charge in [-0.15, -0.1) is 0 Å². The lowest BCUT2D eigenvalue weighted by Gasteiger charge is -2.10. The van der Waals surface area contributed by atoms with E-state index in [0.29, 0.717) is 25.1 Å². The third-order valence-corrected chi connectivity index (χ3v) is 3.48. The van der Waals surface area contributed by atoms with Crippen LogP contribution in [0.3, 0.4) is 0 Å². The quantitative estimate of drug-likeness (QED) is 0.891. The molecule has 0 aromatic heterocycles. The average Bonchev–Trinajstić information content (AvgIpc) is 2.56. The number of amides is 1. The highest BCUT2D eigenvalue weighted by molar-refractivity contribution is 5.76. The summed E-state index contributed by atoms with van der Waals surface area (Å²) in [6, 6.07) is 15.3. The number of hydrogen-bond donors (Lipinski definition) is 1. The van der Waals surface area contributed by atoms with Gasteiger partial charge in [-0.3, -0.25) is 4.79 Å². The van der Waals surface area contributed by atoms with Crippen LogP contribution in [0.4, 0.5) is 0 Å². The van der Waals surface area contributed by atoms with Crippen LogP contribution in [0.5, 0.6) is 5.75 Å². The number of ether oxygens (including phenoxy) is 1. The fourth-order valence-corrected chi connectivity index (χ4v) is 2.16. The fourth-order valence-electron chi connectivity index (χ4n) is 2.16. The van der Waals surface area contributed by atoms with Crippen molar-refractivity contribution in [3.05, 3.63) is 64.7 Å². The van der Waals surface area contributed by atoms with Gasteiger partial charge in [0.05, 0.1) is 24.7 Å². The molecule has 4 heteroatoms. The summed E-state index contributed by atoms with van der Waals surface area (Å²) in [5.74, 6) is 0.747. The van der Waals surface area contributed by atoms with Crippen LogP contribution in [-0.4, -0.2) is 12.5 Å². The molecule has 2 rings (SSSR count). The molecule has 2 aromatic rings. The summed E-state index contributed by atoms with van der Waals surface area (Å²) >= 11 is 0. The van der Waals surface area contributed by atoms with E-state index in [-0.39, 0.29) is 5.91 Å². The molecule has 0 spiro atoms. The summed E-state index contributed by atoms with van der Waals surface area (Å²) in [6.45, 7) is 4.75. The Bertz CT molecular complexity index is 732. The van der Waals surface area contributed by atoms with E-state index in [1.807, 2.05) is 44.2 Å². The molecule has 0 saturated carbocycles. The van der Waals surface area contributed by atoms with Crippen molar-refractivity contribution >= 4 is 5.91 Å². The maximum absolute atomic E-state index is 11.9. The highest BCUT2D eigenvalue weighted by Gasteiger charge is 2.04. The zero-order valence-corrected chi connectivity index (χ0v) is 13.4. The van der Waals surface area contributed by atoms with Gasteiger partial charge in [0.15, 0.2) is 0 Å². The van der Waals surface area contributed by atoms with Crippen molar-refractivity contribution in [3.8, 4) is 11.8 Å². The molecule has 0 aliphatic carbocycles. The Balaban J connectivity index is 1.77. The van der Waals surface area contributed by atoms with Gasteiger partial charge in [0.2, 0.25) is 5.91 Å². The Kier molecular flexibility index (Phi) is 5.76. The topological polar surface area (TPSA) is 62.1 Å². The van der Waals surface area contributed by atoms with Gasteiger partial charge < -0.3 is 10.1 Å². The second-order valence-electron chi connectivity index (χ2n) is 5.46. The fraction of sp³-hybridized carbons (Fsp3) is 0.263. The van der Waals surface area contributed by atoms with Gasteiger partial charge in [-0.1, -0.05) is 24.3 Å². The number of carbonyl (C=O) groups is 1. The summed E-state index contributed by atoms with van der Waals surface area (Å²) in [4.78, 5) is 11.9. The molecule has 4 nitrogen and oxygen atoms in total. The molecule has 0 aliphatic rings. The van der Waals surface area contributed by atoms with Gasteiger partial charge in [-0.2, -0.15) is 5.26 Å². The lowest BCUT2D eigenvalue weighted by molar-refractivity contribution is -0.121. The molecular formula is C19H20N2O2. The molecule has 1 amide bonds. The minimum absolute atomic E-state index is 0.0716. The summed E-state index contributed by atoms with van der Waals surface area (Å²) in [6.07, 6.45) is 0.297. The van der Waals surface area contributed by atoms with E-state index in [2.05, 4.69) is 11.4 Å². The summed E-state index contributed by atoms with van der Waals surface area (Å²) in [7, 11) is 0. The molecule has 0 bridgehead atoms. The van der Waals surface area contributed by atoms with Crippen molar-refractivity contribution < 1.29 is 9.53 Å². The number of nitrogens with one attached hydrogen (secondary N) is 1. The van der Waals surface area contributed by atoms with Gasteiger partial charge >= 0.3 is 0 Å². The van der Waals surface area contributed by atoms with Crippen LogP contribution in [0.2, 0.25) is 0 Å². The first kappa shape index (κ1) is 16.6. The first-order valence-electron chi connectivity index (χ1n) is 7.54. The van der Waals surface area contributed by atoms with E-state index in [9.17, 15) is 4.79 Å². The molecular weight excluding hydrogens is 288 g/mol. The maximum Gasteiger partial charge on any atom is 0.223 e. The smallest absolute Gasteiger partial charge is 0.223 e. The van der Waals surface area contributed by atoms with Crippen LogP contribution in [0, 0.1) is 25.2 Å². The van der Waals surface area contributed by atoms with Crippen molar-refractivity contribution in [1.82, 2.24) is 5.32 Å². The Morgan fingerprint density at radius 3 is 2.83 bits per heavy atom. The molecule has 23 heavy (non-hydrogen) atoms. The second kappa shape index (κ2) is 8.00. The predicted octanol–water partition coefficient (Wildman–Crippen LogP) is 3.26. The largest absolute Gasteiger partial charge is 0.493 e. The van der Waals surface area contributed by atoms with Gasteiger partial charge in [0, 0.05) is 6.54 Å². The number of carbonyl (C=O) groups excluding carboxylic acids is 1. The van der Waals surface area contributed by atoms with E-state index in [1.165, 1.54) is 0 Å². The molecule has 0 unspecified atom stereocenters. The molecule has 0 heterocycles. The monoisotopic (exact) mass is 308 g/mol. The van der Waals surface area contributed by atoms with E-state index < -0.39 is 0 Å². The van der Waals surface area contributed by atoms with Gasteiger partial charge in [0.25, 0.3) is 0 Å². The van der Waals surface area contributed by atoms with Crippen molar-refractivity contribution in [1.29, 1.82) is 5.26 Å². The van der Waals surface area contributed by atoms with Crippen molar-refractivity contribution in [2.75, 3.05) is 6.61 Å². The Labute approximate surface area is 136 Å². The normalized spacial score (nSPS) is 9.96. The molecule has 2 aromatic carbocycles. The minimum Gasteiger partial charge on any atom is -0.493 e. The first-order valence-corrected chi connectivity index (χ1v) is 7.54. The van der Waals surface area contributed by atoms with E-state index >= 15 is 0 Å². The van der Waals surface area contributed by atoms with Crippen LogP contribution in [0.25, 0.3) is 0 Å². The molecule has 1 N–H and O–H groups in total. The van der Waals surface area contributed by atoms with Crippen LogP contribution in [0.15, 0.2) is 42.5 Å².